The third-order valence-corrected chi connectivity index (χ3v) is 6.59. The van der Waals surface area contributed by atoms with Crippen LogP contribution in [0.5, 0.6) is 0 Å². The number of ketones is 1. The molecule has 0 saturated carbocycles. The number of aryl methyl sites for hydroxylation is 1. The van der Waals surface area contributed by atoms with Gasteiger partial charge in [-0.3, -0.25) is 4.79 Å². The number of hydrogen-bond donors (Lipinski definition) is 0. The fourth-order valence-electron chi connectivity index (χ4n) is 4.81. The maximum atomic E-state index is 13.6. The number of rotatable bonds is 5. The van der Waals surface area contributed by atoms with Crippen LogP contribution in [0.1, 0.15) is 47.2 Å². The van der Waals surface area contributed by atoms with E-state index in [1.165, 1.54) is 33.0 Å². The molecular weight excluding hydrogens is 364 g/mol. The van der Waals surface area contributed by atoms with Crippen LogP contribution in [-0.4, -0.2) is 5.78 Å². The fourth-order valence-corrected chi connectivity index (χ4v) is 4.81. The van der Waals surface area contributed by atoms with E-state index < -0.39 is 0 Å². The Labute approximate surface area is 178 Å². The maximum Gasteiger partial charge on any atom is 0.170 e. The first-order valence-electron chi connectivity index (χ1n) is 10.9. The molecule has 0 amide bonds. The van der Waals surface area contributed by atoms with Crippen molar-refractivity contribution >= 4 is 16.6 Å². The Morgan fingerprint density at radius 1 is 0.933 bits per heavy atom. The minimum Gasteiger partial charge on any atom is -0.293 e. The third kappa shape index (κ3) is 3.45. The third-order valence-electron chi connectivity index (χ3n) is 6.59. The molecule has 3 aromatic carbocycles. The lowest BCUT2D eigenvalue weighted by Gasteiger charge is -2.20. The highest BCUT2D eigenvalue weighted by Gasteiger charge is 2.35. The molecule has 2 unspecified atom stereocenters. The molecule has 0 radical (unpaired) electrons. The molecule has 0 aliphatic heterocycles. The summed E-state index contributed by atoms with van der Waals surface area (Å²) in [4.78, 5) is 13.6. The number of fused-ring (bicyclic) bond motifs is 1. The second-order valence-corrected chi connectivity index (χ2v) is 8.37. The number of carbonyl (C=O) groups is 1. The van der Waals surface area contributed by atoms with Gasteiger partial charge in [0.25, 0.3) is 0 Å². The average molecular weight is 391 g/mol. The SMILES string of the molecule is CCc1ccc(C(=O)C2C=C(C3=CC=CC3)CC2c2ccc3ccccc3c2)cc1. The van der Waals surface area contributed by atoms with Gasteiger partial charge in [-0.05, 0) is 52.3 Å². The molecule has 0 bridgehead atoms. The Balaban J connectivity index is 1.52. The van der Waals surface area contributed by atoms with Crippen molar-refractivity contribution in [2.24, 2.45) is 5.92 Å². The van der Waals surface area contributed by atoms with Crippen molar-refractivity contribution in [3.63, 3.8) is 0 Å². The molecule has 5 rings (SSSR count). The van der Waals surface area contributed by atoms with Crippen molar-refractivity contribution in [2.45, 2.75) is 32.1 Å². The van der Waals surface area contributed by atoms with Crippen LogP contribution in [0.3, 0.4) is 0 Å². The van der Waals surface area contributed by atoms with Gasteiger partial charge in [-0.1, -0.05) is 98.0 Å². The molecule has 3 aromatic rings. The zero-order chi connectivity index (χ0) is 20.5. The first-order chi connectivity index (χ1) is 14.7. The smallest absolute Gasteiger partial charge is 0.170 e. The van der Waals surface area contributed by atoms with Crippen LogP contribution in [0.15, 0.2) is 102 Å². The Hall–Kier alpha value is -3.19. The second kappa shape index (κ2) is 7.91. The van der Waals surface area contributed by atoms with Crippen LogP contribution in [-0.2, 0) is 6.42 Å². The van der Waals surface area contributed by atoms with Crippen LogP contribution < -0.4 is 0 Å². The number of carbonyl (C=O) groups excluding carboxylic acids is 1. The quantitative estimate of drug-likeness (QED) is 0.421. The summed E-state index contributed by atoms with van der Waals surface area (Å²) < 4.78 is 0. The molecule has 30 heavy (non-hydrogen) atoms. The molecule has 2 aliphatic rings. The molecule has 148 valence electrons. The summed E-state index contributed by atoms with van der Waals surface area (Å²) in [6, 6.07) is 23.3. The van der Waals surface area contributed by atoms with E-state index >= 15 is 0 Å². The molecule has 1 nitrogen and oxygen atoms in total. The van der Waals surface area contributed by atoms with Crippen molar-refractivity contribution < 1.29 is 4.79 Å². The average Bonchev–Trinajstić information content (AvgIpc) is 3.48. The Kier molecular flexibility index (Phi) is 4.96. The minimum absolute atomic E-state index is 0.116. The second-order valence-electron chi connectivity index (χ2n) is 8.37. The predicted molar refractivity (Wildman–Crippen MR) is 125 cm³/mol. The first kappa shape index (κ1) is 18.8. The molecule has 0 saturated heterocycles. The van der Waals surface area contributed by atoms with Gasteiger partial charge in [-0.2, -0.15) is 0 Å². The van der Waals surface area contributed by atoms with E-state index in [2.05, 4.69) is 85.8 Å². The van der Waals surface area contributed by atoms with Gasteiger partial charge in [0.2, 0.25) is 0 Å². The maximum absolute atomic E-state index is 13.6. The summed E-state index contributed by atoms with van der Waals surface area (Å²) in [7, 11) is 0. The fraction of sp³-hybridized carbons (Fsp3) is 0.207. The number of benzene rings is 3. The van der Waals surface area contributed by atoms with Crippen LogP contribution in [0, 0.1) is 5.92 Å². The largest absolute Gasteiger partial charge is 0.293 e. The van der Waals surface area contributed by atoms with E-state index in [4.69, 9.17) is 0 Å². The monoisotopic (exact) mass is 390 g/mol. The van der Waals surface area contributed by atoms with Crippen molar-refractivity contribution in [3.05, 3.63) is 119 Å². The summed E-state index contributed by atoms with van der Waals surface area (Å²) >= 11 is 0. The van der Waals surface area contributed by atoms with E-state index in [1.807, 2.05) is 12.1 Å². The van der Waals surface area contributed by atoms with E-state index in [9.17, 15) is 4.79 Å². The number of allylic oxidation sites excluding steroid dienone is 6. The van der Waals surface area contributed by atoms with Gasteiger partial charge >= 0.3 is 0 Å². The lowest BCUT2D eigenvalue weighted by molar-refractivity contribution is 0.0935. The van der Waals surface area contributed by atoms with Gasteiger partial charge in [0.15, 0.2) is 5.78 Å². The minimum atomic E-state index is -0.116. The number of Topliss-reactive ketones (excluding diaryl/α,β-unsaturated/α-hetero) is 1. The zero-order valence-corrected chi connectivity index (χ0v) is 17.3. The van der Waals surface area contributed by atoms with E-state index in [-0.39, 0.29) is 17.6 Å². The van der Waals surface area contributed by atoms with E-state index in [0.29, 0.717) is 0 Å². The molecule has 0 fully saturated rings. The lowest BCUT2D eigenvalue weighted by Crippen LogP contribution is -2.18. The van der Waals surface area contributed by atoms with Gasteiger partial charge in [0.05, 0.1) is 0 Å². The summed E-state index contributed by atoms with van der Waals surface area (Å²) in [6.45, 7) is 2.14. The van der Waals surface area contributed by atoms with Gasteiger partial charge < -0.3 is 0 Å². The number of hydrogen-bond acceptors (Lipinski definition) is 1. The van der Waals surface area contributed by atoms with Crippen LogP contribution >= 0.6 is 0 Å². The first-order valence-corrected chi connectivity index (χ1v) is 10.9. The van der Waals surface area contributed by atoms with Gasteiger partial charge in [0.1, 0.15) is 0 Å². The van der Waals surface area contributed by atoms with Crippen LogP contribution in [0.4, 0.5) is 0 Å². The van der Waals surface area contributed by atoms with Crippen LogP contribution in [0.2, 0.25) is 0 Å². The summed E-state index contributed by atoms with van der Waals surface area (Å²) in [5, 5.41) is 2.48. The van der Waals surface area contributed by atoms with Crippen molar-refractivity contribution in [3.8, 4) is 0 Å². The molecule has 2 atom stereocenters. The summed E-state index contributed by atoms with van der Waals surface area (Å²) in [5.74, 6) is 0.303. The molecule has 1 heteroatoms. The molecular formula is C29H26O. The molecule has 2 aliphatic carbocycles. The normalized spacial score (nSPS) is 20.4. The van der Waals surface area contributed by atoms with Crippen molar-refractivity contribution in [1.29, 1.82) is 0 Å². The molecule has 0 N–H and O–H groups in total. The van der Waals surface area contributed by atoms with Gasteiger partial charge in [-0.25, -0.2) is 0 Å². The molecule has 0 aromatic heterocycles. The molecule has 0 spiro atoms. The Morgan fingerprint density at radius 2 is 1.73 bits per heavy atom. The zero-order valence-electron chi connectivity index (χ0n) is 17.3. The Bertz CT molecular complexity index is 1190. The standard InChI is InChI=1S/C29H26O/c1-2-20-11-13-23(14-12-20)29(30)28-19-26(21-7-3-4-8-21)18-27(28)25-16-15-22-9-5-6-10-24(22)17-25/h3-7,9-17,19,27-28H,2,8,18H2,1H3. The van der Waals surface area contributed by atoms with Gasteiger partial charge in [0, 0.05) is 17.4 Å². The van der Waals surface area contributed by atoms with Crippen molar-refractivity contribution in [2.75, 3.05) is 0 Å². The Morgan fingerprint density at radius 3 is 2.47 bits per heavy atom. The van der Waals surface area contributed by atoms with Gasteiger partial charge in [-0.15, -0.1) is 0 Å². The predicted octanol–water partition coefficient (Wildman–Crippen LogP) is 7.20. The highest BCUT2D eigenvalue weighted by molar-refractivity contribution is 6.00. The lowest BCUT2D eigenvalue weighted by atomic mass is 9.82. The summed E-state index contributed by atoms with van der Waals surface area (Å²) in [5.41, 5.74) is 6.04. The van der Waals surface area contributed by atoms with Crippen molar-refractivity contribution in [1.82, 2.24) is 0 Å². The topological polar surface area (TPSA) is 17.1 Å². The highest BCUT2D eigenvalue weighted by Crippen LogP contribution is 2.44. The van der Waals surface area contributed by atoms with E-state index in [1.54, 1.807) is 0 Å². The van der Waals surface area contributed by atoms with Crippen LogP contribution in [0.25, 0.3) is 10.8 Å². The van der Waals surface area contributed by atoms with E-state index in [0.717, 1.165) is 24.8 Å². The summed E-state index contributed by atoms with van der Waals surface area (Å²) in [6.07, 6.45) is 11.7. The highest BCUT2D eigenvalue weighted by atomic mass is 16.1. The molecule has 0 heterocycles.